The van der Waals surface area contributed by atoms with Crippen LogP contribution in [0.1, 0.15) is 64.1 Å². The fourth-order valence-electron chi connectivity index (χ4n) is 3.18. The highest BCUT2D eigenvalue weighted by Gasteiger charge is 2.24. The topological polar surface area (TPSA) is 78.1 Å². The second kappa shape index (κ2) is 8.95. The lowest BCUT2D eigenvalue weighted by Gasteiger charge is -2.26. The van der Waals surface area contributed by atoms with Gasteiger partial charge in [-0.15, -0.1) is 0 Å². The molecule has 0 unspecified atom stereocenters. The molecular formula is C27H31N3O2. The second-order valence-electron chi connectivity index (χ2n) is 9.88. The predicted octanol–water partition coefficient (Wildman–Crippen LogP) is 6.59. The number of aliphatic imine (C=N–C) groups is 2. The first-order valence-electron chi connectivity index (χ1n) is 10.7. The molecule has 0 radical (unpaired) electrons. The molecule has 0 spiro atoms. The van der Waals surface area contributed by atoms with E-state index in [2.05, 4.69) is 62.6 Å². The average Bonchev–Trinajstić information content (AvgIpc) is 2.71. The molecule has 0 fully saturated rings. The van der Waals surface area contributed by atoms with Crippen LogP contribution in [0.3, 0.4) is 0 Å². The van der Waals surface area contributed by atoms with E-state index in [9.17, 15) is 10.2 Å². The maximum atomic E-state index is 10.9. The number of hydrogen-bond donors (Lipinski definition) is 2. The van der Waals surface area contributed by atoms with E-state index in [1.165, 1.54) is 0 Å². The van der Waals surface area contributed by atoms with E-state index in [0.29, 0.717) is 22.8 Å². The molecule has 0 aliphatic rings. The van der Waals surface area contributed by atoms with Gasteiger partial charge in [0.2, 0.25) is 0 Å². The number of aromatic hydroxyl groups is 2. The molecule has 5 heteroatoms. The van der Waals surface area contributed by atoms with Crippen LogP contribution in [-0.2, 0) is 10.8 Å². The van der Waals surface area contributed by atoms with Crippen molar-refractivity contribution in [1.82, 2.24) is 4.98 Å². The molecule has 1 aromatic heterocycles. The van der Waals surface area contributed by atoms with Crippen LogP contribution >= 0.6 is 0 Å². The largest absolute Gasteiger partial charge is 0.506 e. The monoisotopic (exact) mass is 429 g/mol. The van der Waals surface area contributed by atoms with Crippen LogP contribution in [0.2, 0.25) is 0 Å². The van der Waals surface area contributed by atoms with Crippen LogP contribution in [0.5, 0.6) is 11.5 Å². The molecule has 0 aliphatic carbocycles. The molecule has 5 nitrogen and oxygen atoms in total. The van der Waals surface area contributed by atoms with Crippen LogP contribution < -0.4 is 0 Å². The van der Waals surface area contributed by atoms with Gasteiger partial charge < -0.3 is 10.2 Å². The minimum Gasteiger partial charge on any atom is -0.506 e. The van der Waals surface area contributed by atoms with Crippen molar-refractivity contribution in [2.75, 3.05) is 0 Å². The number of benzene rings is 2. The Hall–Kier alpha value is -3.47. The van der Waals surface area contributed by atoms with E-state index in [1.807, 2.05) is 30.3 Å². The Morgan fingerprint density at radius 1 is 0.719 bits per heavy atom. The lowest BCUT2D eigenvalue weighted by Crippen LogP contribution is -2.16. The molecule has 0 bridgehead atoms. The number of phenolic OH excluding ortho intramolecular Hbond substituents is 2. The Kier molecular flexibility index (Phi) is 6.49. The minimum atomic E-state index is -0.215. The number of nitrogens with zero attached hydrogens (tertiary/aromatic N) is 3. The summed E-state index contributed by atoms with van der Waals surface area (Å²) in [5.41, 5.74) is 3.98. The highest BCUT2D eigenvalue weighted by Crippen LogP contribution is 2.41. The third kappa shape index (κ3) is 5.61. The number of pyridine rings is 1. The summed E-state index contributed by atoms with van der Waals surface area (Å²) in [5, 5.41) is 20.8. The van der Waals surface area contributed by atoms with Crippen molar-refractivity contribution in [3.63, 3.8) is 0 Å². The van der Waals surface area contributed by atoms with Gasteiger partial charge >= 0.3 is 0 Å². The molecule has 32 heavy (non-hydrogen) atoms. The van der Waals surface area contributed by atoms with Gasteiger partial charge in [0.15, 0.2) is 0 Å². The Bertz CT molecular complexity index is 1170. The maximum Gasteiger partial charge on any atom is 0.144 e. The first kappa shape index (κ1) is 23.2. The molecule has 166 valence electrons. The number of para-hydroxylation sites is 2. The van der Waals surface area contributed by atoms with Crippen molar-refractivity contribution in [2.24, 2.45) is 9.98 Å². The van der Waals surface area contributed by atoms with Crippen molar-refractivity contribution in [3.8, 4) is 11.5 Å². The fraction of sp³-hybridized carbons (Fsp3) is 0.296. The van der Waals surface area contributed by atoms with Gasteiger partial charge in [0.25, 0.3) is 0 Å². The van der Waals surface area contributed by atoms with E-state index in [0.717, 1.165) is 11.1 Å². The van der Waals surface area contributed by atoms with E-state index in [1.54, 1.807) is 30.6 Å². The van der Waals surface area contributed by atoms with Gasteiger partial charge in [-0.2, -0.15) is 0 Å². The maximum absolute atomic E-state index is 10.9. The molecular weight excluding hydrogens is 398 g/mol. The Balaban J connectivity index is 1.94. The molecule has 0 amide bonds. The summed E-state index contributed by atoms with van der Waals surface area (Å²) in [7, 11) is 0. The predicted molar refractivity (Wildman–Crippen MR) is 132 cm³/mol. The second-order valence-corrected chi connectivity index (χ2v) is 9.88. The first-order valence-corrected chi connectivity index (χ1v) is 10.7. The summed E-state index contributed by atoms with van der Waals surface area (Å²) in [6.45, 7) is 12.7. The highest BCUT2D eigenvalue weighted by molar-refractivity contribution is 5.85. The zero-order valence-corrected chi connectivity index (χ0v) is 19.6. The molecule has 0 saturated heterocycles. The average molecular weight is 430 g/mol. The van der Waals surface area contributed by atoms with Crippen molar-refractivity contribution < 1.29 is 10.2 Å². The molecule has 3 rings (SSSR count). The lowest BCUT2D eigenvalue weighted by molar-refractivity contribution is 0.446. The smallest absolute Gasteiger partial charge is 0.144 e. The molecule has 2 N–H and O–H groups in total. The van der Waals surface area contributed by atoms with Crippen LogP contribution in [0.4, 0.5) is 11.4 Å². The van der Waals surface area contributed by atoms with E-state index >= 15 is 0 Å². The van der Waals surface area contributed by atoms with E-state index < -0.39 is 0 Å². The van der Waals surface area contributed by atoms with Crippen molar-refractivity contribution in [3.05, 3.63) is 77.1 Å². The highest BCUT2D eigenvalue weighted by atomic mass is 16.3. The summed E-state index contributed by atoms with van der Waals surface area (Å²) >= 11 is 0. The molecule has 3 aromatic rings. The van der Waals surface area contributed by atoms with Gasteiger partial charge in [-0.3, -0.25) is 9.98 Å². The number of rotatable bonds is 4. The summed E-state index contributed by atoms with van der Waals surface area (Å²) in [4.78, 5) is 13.4. The van der Waals surface area contributed by atoms with Crippen molar-refractivity contribution in [1.29, 1.82) is 0 Å². The van der Waals surface area contributed by atoms with Gasteiger partial charge in [0.05, 0.1) is 23.8 Å². The number of phenols is 2. The van der Waals surface area contributed by atoms with Gasteiger partial charge in [0.1, 0.15) is 22.9 Å². The summed E-state index contributed by atoms with van der Waals surface area (Å²) in [5.74, 6) is 0.310. The zero-order chi connectivity index (χ0) is 23.5. The van der Waals surface area contributed by atoms with Gasteiger partial charge in [-0.1, -0.05) is 65.8 Å². The summed E-state index contributed by atoms with van der Waals surface area (Å²) in [6, 6.07) is 16.4. The van der Waals surface area contributed by atoms with Gasteiger partial charge in [0, 0.05) is 5.56 Å². The Morgan fingerprint density at radius 2 is 1.31 bits per heavy atom. The third-order valence-corrected chi connectivity index (χ3v) is 5.11. The van der Waals surface area contributed by atoms with Crippen LogP contribution in [-0.4, -0.2) is 27.6 Å². The summed E-state index contributed by atoms with van der Waals surface area (Å²) < 4.78 is 0. The van der Waals surface area contributed by atoms with Crippen LogP contribution in [0.25, 0.3) is 0 Å². The Morgan fingerprint density at radius 3 is 1.88 bits per heavy atom. The first-order chi connectivity index (χ1) is 14.9. The molecule has 2 aromatic carbocycles. The fourth-order valence-corrected chi connectivity index (χ4v) is 3.18. The van der Waals surface area contributed by atoms with E-state index in [-0.39, 0.29) is 22.3 Å². The SMILES string of the molecule is CC(C)(C)c1cc(N=Cc2cccc(C=Nc3ccccc3O)n2)c(O)c(C(C)(C)C)c1. The van der Waals surface area contributed by atoms with Crippen molar-refractivity contribution in [2.45, 2.75) is 52.4 Å². The number of aromatic nitrogens is 1. The lowest BCUT2D eigenvalue weighted by atomic mass is 9.80. The van der Waals surface area contributed by atoms with E-state index in [4.69, 9.17) is 0 Å². The molecule has 0 saturated carbocycles. The van der Waals surface area contributed by atoms with Gasteiger partial charge in [-0.25, -0.2) is 4.98 Å². The van der Waals surface area contributed by atoms with Crippen LogP contribution in [0.15, 0.2) is 64.6 Å². The minimum absolute atomic E-state index is 0.0738. The standard InChI is InChI=1S/C27H31N3O2/c1-26(2,3)18-14-21(27(4,5)6)25(32)23(15-18)29-17-20-11-9-10-19(30-20)16-28-22-12-7-8-13-24(22)31/h7-17,31-32H,1-6H3. The molecule has 0 atom stereocenters. The number of hydrogen-bond acceptors (Lipinski definition) is 5. The third-order valence-electron chi connectivity index (χ3n) is 5.11. The van der Waals surface area contributed by atoms with Crippen molar-refractivity contribution >= 4 is 23.8 Å². The Labute approximate surface area is 190 Å². The zero-order valence-electron chi connectivity index (χ0n) is 19.6. The molecule has 1 heterocycles. The quantitative estimate of drug-likeness (QED) is 0.459. The molecule has 0 aliphatic heterocycles. The summed E-state index contributed by atoms with van der Waals surface area (Å²) in [6.07, 6.45) is 3.24. The van der Waals surface area contributed by atoms with Gasteiger partial charge in [-0.05, 0) is 46.7 Å². The normalized spacial score (nSPS) is 12.7. The van der Waals surface area contributed by atoms with Crippen LogP contribution in [0, 0.1) is 0 Å².